The standard InChI is InChI=1S/C15H16BrNO2/c16-11-5-6-13-14(4-2-8-19-15(13)9-11)17-10-12-3-1-7-18-12/h1,3,5-7,9,14,17H,2,4,8,10H2. The highest BCUT2D eigenvalue weighted by atomic mass is 79.9. The van der Waals surface area contributed by atoms with E-state index in [-0.39, 0.29) is 0 Å². The molecule has 1 aromatic heterocycles. The predicted molar refractivity (Wildman–Crippen MR) is 77.2 cm³/mol. The van der Waals surface area contributed by atoms with Gasteiger partial charge in [0.15, 0.2) is 0 Å². The van der Waals surface area contributed by atoms with Crippen LogP contribution in [-0.2, 0) is 6.54 Å². The highest BCUT2D eigenvalue weighted by Gasteiger charge is 2.19. The minimum Gasteiger partial charge on any atom is -0.493 e. The molecule has 100 valence electrons. The molecule has 0 radical (unpaired) electrons. The zero-order chi connectivity index (χ0) is 13.1. The Hall–Kier alpha value is -1.26. The highest BCUT2D eigenvalue weighted by Crippen LogP contribution is 2.33. The van der Waals surface area contributed by atoms with E-state index in [1.165, 1.54) is 5.56 Å². The lowest BCUT2D eigenvalue weighted by Gasteiger charge is -2.18. The maximum atomic E-state index is 5.80. The van der Waals surface area contributed by atoms with Gasteiger partial charge in [-0.25, -0.2) is 0 Å². The third-order valence-corrected chi connectivity index (χ3v) is 3.84. The van der Waals surface area contributed by atoms with Gasteiger partial charge in [-0.05, 0) is 37.1 Å². The van der Waals surface area contributed by atoms with Crippen LogP contribution in [-0.4, -0.2) is 6.61 Å². The molecule has 1 atom stereocenters. The van der Waals surface area contributed by atoms with Gasteiger partial charge in [0.1, 0.15) is 11.5 Å². The summed E-state index contributed by atoms with van der Waals surface area (Å²) in [5.74, 6) is 1.94. The van der Waals surface area contributed by atoms with Crippen molar-refractivity contribution in [2.24, 2.45) is 0 Å². The molecule has 1 aliphatic rings. The maximum absolute atomic E-state index is 5.80. The Morgan fingerprint density at radius 1 is 1.32 bits per heavy atom. The molecular weight excluding hydrogens is 306 g/mol. The van der Waals surface area contributed by atoms with E-state index in [0.717, 1.165) is 42.0 Å². The van der Waals surface area contributed by atoms with Crippen molar-refractivity contribution in [3.05, 3.63) is 52.4 Å². The average Bonchev–Trinajstić information content (AvgIpc) is 2.84. The lowest BCUT2D eigenvalue weighted by atomic mass is 10.0. The van der Waals surface area contributed by atoms with Crippen LogP contribution in [0, 0.1) is 0 Å². The monoisotopic (exact) mass is 321 g/mol. The number of rotatable bonds is 3. The van der Waals surface area contributed by atoms with E-state index in [9.17, 15) is 0 Å². The quantitative estimate of drug-likeness (QED) is 0.926. The maximum Gasteiger partial charge on any atom is 0.125 e. The third-order valence-electron chi connectivity index (χ3n) is 3.35. The molecule has 4 heteroatoms. The minimum atomic E-state index is 0.315. The van der Waals surface area contributed by atoms with Gasteiger partial charge in [0, 0.05) is 16.1 Å². The van der Waals surface area contributed by atoms with Gasteiger partial charge in [-0.1, -0.05) is 22.0 Å². The van der Waals surface area contributed by atoms with E-state index < -0.39 is 0 Å². The van der Waals surface area contributed by atoms with E-state index in [4.69, 9.17) is 9.15 Å². The summed E-state index contributed by atoms with van der Waals surface area (Å²) in [7, 11) is 0. The normalized spacial score (nSPS) is 18.5. The van der Waals surface area contributed by atoms with Crippen molar-refractivity contribution in [1.82, 2.24) is 5.32 Å². The molecule has 0 aliphatic carbocycles. The molecule has 3 nitrogen and oxygen atoms in total. The minimum absolute atomic E-state index is 0.315. The number of hydrogen-bond donors (Lipinski definition) is 1. The lowest BCUT2D eigenvalue weighted by molar-refractivity contribution is 0.314. The molecule has 3 rings (SSSR count). The first kappa shape index (κ1) is 12.8. The second-order valence-electron chi connectivity index (χ2n) is 4.69. The second kappa shape index (κ2) is 5.80. The molecule has 1 unspecified atom stereocenters. The van der Waals surface area contributed by atoms with Crippen molar-refractivity contribution >= 4 is 15.9 Å². The zero-order valence-electron chi connectivity index (χ0n) is 10.6. The van der Waals surface area contributed by atoms with Crippen LogP contribution >= 0.6 is 15.9 Å². The average molecular weight is 322 g/mol. The number of nitrogens with one attached hydrogen (secondary N) is 1. The largest absolute Gasteiger partial charge is 0.493 e. The van der Waals surface area contributed by atoms with Gasteiger partial charge in [-0.15, -0.1) is 0 Å². The van der Waals surface area contributed by atoms with Crippen LogP contribution in [0.25, 0.3) is 0 Å². The van der Waals surface area contributed by atoms with Crippen molar-refractivity contribution in [3.8, 4) is 5.75 Å². The topological polar surface area (TPSA) is 34.4 Å². The lowest BCUT2D eigenvalue weighted by Crippen LogP contribution is -2.20. The fraction of sp³-hybridized carbons (Fsp3) is 0.333. The molecule has 19 heavy (non-hydrogen) atoms. The van der Waals surface area contributed by atoms with Crippen LogP contribution in [0.15, 0.2) is 45.5 Å². The predicted octanol–water partition coefficient (Wildman–Crippen LogP) is 4.05. The van der Waals surface area contributed by atoms with E-state index in [0.29, 0.717) is 6.04 Å². The van der Waals surface area contributed by atoms with E-state index >= 15 is 0 Å². The number of halogens is 1. The van der Waals surface area contributed by atoms with Crippen molar-refractivity contribution in [2.75, 3.05) is 6.61 Å². The molecule has 2 heterocycles. The molecular formula is C15H16BrNO2. The summed E-state index contributed by atoms with van der Waals surface area (Å²) in [4.78, 5) is 0. The number of ether oxygens (including phenoxy) is 1. The third kappa shape index (κ3) is 3.01. The van der Waals surface area contributed by atoms with Gasteiger partial charge in [-0.3, -0.25) is 0 Å². The summed E-state index contributed by atoms with van der Waals surface area (Å²) in [5.41, 5.74) is 1.23. The van der Waals surface area contributed by atoms with Gasteiger partial charge >= 0.3 is 0 Å². The summed E-state index contributed by atoms with van der Waals surface area (Å²) < 4.78 is 12.2. The molecule has 0 saturated carbocycles. The smallest absolute Gasteiger partial charge is 0.125 e. The van der Waals surface area contributed by atoms with Crippen LogP contribution in [0.1, 0.15) is 30.2 Å². The van der Waals surface area contributed by atoms with E-state index in [1.807, 2.05) is 18.2 Å². The Bertz CT molecular complexity index is 539. The molecule has 1 aliphatic heterocycles. The number of hydrogen-bond acceptors (Lipinski definition) is 3. The Balaban J connectivity index is 1.78. The van der Waals surface area contributed by atoms with Crippen LogP contribution in [0.2, 0.25) is 0 Å². The fourth-order valence-electron chi connectivity index (χ4n) is 2.40. The molecule has 0 saturated heterocycles. The molecule has 0 amide bonds. The van der Waals surface area contributed by atoms with Crippen molar-refractivity contribution in [3.63, 3.8) is 0 Å². The molecule has 2 aromatic rings. The number of benzene rings is 1. The van der Waals surface area contributed by atoms with Gasteiger partial charge in [-0.2, -0.15) is 0 Å². The molecule has 0 spiro atoms. The van der Waals surface area contributed by atoms with Crippen LogP contribution in [0.4, 0.5) is 0 Å². The zero-order valence-corrected chi connectivity index (χ0v) is 12.2. The van der Waals surface area contributed by atoms with Crippen LogP contribution in [0.5, 0.6) is 5.75 Å². The summed E-state index contributed by atoms with van der Waals surface area (Å²) in [6, 6.07) is 10.5. The summed E-state index contributed by atoms with van der Waals surface area (Å²) >= 11 is 3.49. The second-order valence-corrected chi connectivity index (χ2v) is 5.60. The van der Waals surface area contributed by atoms with Crippen molar-refractivity contribution < 1.29 is 9.15 Å². The SMILES string of the molecule is Brc1ccc2c(c1)OCCCC2NCc1ccco1. The molecule has 0 fully saturated rings. The number of fused-ring (bicyclic) bond motifs is 1. The van der Waals surface area contributed by atoms with Gasteiger partial charge in [0.2, 0.25) is 0 Å². The summed E-state index contributed by atoms with van der Waals surface area (Å²) in [6.45, 7) is 1.52. The highest BCUT2D eigenvalue weighted by molar-refractivity contribution is 9.10. The molecule has 1 N–H and O–H groups in total. The van der Waals surface area contributed by atoms with E-state index in [2.05, 4.69) is 33.4 Å². The van der Waals surface area contributed by atoms with Crippen LogP contribution < -0.4 is 10.1 Å². The Morgan fingerprint density at radius 3 is 3.11 bits per heavy atom. The summed E-state index contributed by atoms with van der Waals surface area (Å²) in [6.07, 6.45) is 3.84. The summed E-state index contributed by atoms with van der Waals surface area (Å²) in [5, 5.41) is 3.55. The first-order chi connectivity index (χ1) is 9.33. The Morgan fingerprint density at radius 2 is 2.26 bits per heavy atom. The van der Waals surface area contributed by atoms with Crippen LogP contribution in [0.3, 0.4) is 0 Å². The Labute approximate surface area is 121 Å². The number of furan rings is 1. The fourth-order valence-corrected chi connectivity index (χ4v) is 2.74. The molecule has 1 aromatic carbocycles. The van der Waals surface area contributed by atoms with Gasteiger partial charge in [0.25, 0.3) is 0 Å². The first-order valence-electron chi connectivity index (χ1n) is 6.51. The van der Waals surface area contributed by atoms with Crippen molar-refractivity contribution in [1.29, 1.82) is 0 Å². The first-order valence-corrected chi connectivity index (χ1v) is 7.30. The molecule has 0 bridgehead atoms. The van der Waals surface area contributed by atoms with Gasteiger partial charge in [0.05, 0.1) is 19.4 Å². The van der Waals surface area contributed by atoms with Crippen molar-refractivity contribution in [2.45, 2.75) is 25.4 Å². The van der Waals surface area contributed by atoms with Gasteiger partial charge < -0.3 is 14.5 Å². The Kier molecular flexibility index (Phi) is 3.89. The van der Waals surface area contributed by atoms with E-state index in [1.54, 1.807) is 6.26 Å².